The largest absolute Gasteiger partial charge is 0.507 e. The molecule has 0 aliphatic carbocycles. The molecule has 3 aromatic carbocycles. The van der Waals surface area contributed by atoms with Gasteiger partial charge in [0.25, 0.3) is 5.91 Å². The normalized spacial score (nSPS) is 11.1. The topological polar surface area (TPSA) is 101 Å². The number of thiocarbonyl (C=S) groups is 1. The van der Waals surface area contributed by atoms with Crippen molar-refractivity contribution in [2.45, 2.75) is 20.3 Å². The van der Waals surface area contributed by atoms with Gasteiger partial charge in [-0.05, 0) is 91.3 Å². The quantitative estimate of drug-likeness (QED) is 0.148. The Morgan fingerprint density at radius 1 is 1.03 bits per heavy atom. The number of fused-ring (bicyclic) bond motifs is 1. The zero-order chi connectivity index (χ0) is 27.0. The first-order valence-corrected chi connectivity index (χ1v) is 12.8. The number of furan rings is 1. The fourth-order valence-corrected chi connectivity index (χ4v) is 4.42. The fraction of sp³-hybridized carbons (Fsp3) is 0.107. The summed E-state index contributed by atoms with van der Waals surface area (Å²) < 4.78 is 11.6. The lowest BCUT2D eigenvalue weighted by atomic mass is 10.1. The molecule has 38 heavy (non-hydrogen) atoms. The van der Waals surface area contributed by atoms with Gasteiger partial charge in [0.15, 0.2) is 16.5 Å². The van der Waals surface area contributed by atoms with Crippen LogP contribution in [0.4, 0.5) is 5.69 Å². The third-order valence-electron chi connectivity index (χ3n) is 5.91. The minimum absolute atomic E-state index is 0.0400. The van der Waals surface area contributed by atoms with E-state index in [0.717, 1.165) is 12.0 Å². The molecule has 0 bridgehead atoms. The van der Waals surface area contributed by atoms with Gasteiger partial charge in [-0.25, -0.2) is 4.98 Å². The molecule has 3 N–H and O–H groups in total. The van der Waals surface area contributed by atoms with Crippen molar-refractivity contribution in [3.8, 4) is 28.5 Å². The van der Waals surface area contributed by atoms with E-state index in [9.17, 15) is 9.90 Å². The number of hydrogen-bond donors (Lipinski definition) is 3. The number of amides is 1. The number of anilines is 1. The number of hydrogen-bond acceptors (Lipinski definition) is 6. The fourth-order valence-electron chi connectivity index (χ4n) is 3.91. The van der Waals surface area contributed by atoms with E-state index in [1.807, 2.05) is 18.2 Å². The van der Waals surface area contributed by atoms with Gasteiger partial charge in [0.1, 0.15) is 17.0 Å². The van der Waals surface area contributed by atoms with E-state index in [1.165, 1.54) is 6.07 Å². The summed E-state index contributed by atoms with van der Waals surface area (Å²) in [6.07, 6.45) is 0.875. The number of halogens is 2. The molecule has 2 aromatic heterocycles. The summed E-state index contributed by atoms with van der Waals surface area (Å²) >= 11 is 17.4. The third-order valence-corrected chi connectivity index (χ3v) is 6.85. The van der Waals surface area contributed by atoms with Crippen molar-refractivity contribution in [3.05, 3.63) is 87.6 Å². The Labute approximate surface area is 233 Å². The number of carbonyl (C=O) groups is 1. The van der Waals surface area contributed by atoms with Gasteiger partial charge in [0, 0.05) is 11.3 Å². The zero-order valence-electron chi connectivity index (χ0n) is 20.3. The van der Waals surface area contributed by atoms with Crippen LogP contribution in [-0.2, 0) is 6.42 Å². The van der Waals surface area contributed by atoms with Crippen molar-refractivity contribution >= 4 is 63.2 Å². The van der Waals surface area contributed by atoms with E-state index < -0.39 is 5.91 Å². The van der Waals surface area contributed by atoms with Gasteiger partial charge in [-0.2, -0.15) is 0 Å². The SMILES string of the molecule is CCc1ccc2oc(-c3cc(NC(=S)NC(=O)c4ccc(-c5ccc(Cl)c(Cl)c5)o4)cc(C)c3O)nc2c1. The second-order valence-electron chi connectivity index (χ2n) is 8.56. The minimum atomic E-state index is -0.532. The van der Waals surface area contributed by atoms with Crippen LogP contribution in [-0.4, -0.2) is 21.1 Å². The second-order valence-corrected chi connectivity index (χ2v) is 9.79. The number of benzene rings is 3. The highest BCUT2D eigenvalue weighted by molar-refractivity contribution is 7.80. The summed E-state index contributed by atoms with van der Waals surface area (Å²) in [5.74, 6) is 0.304. The number of aromatic nitrogens is 1. The van der Waals surface area contributed by atoms with Crippen molar-refractivity contribution < 1.29 is 18.7 Å². The van der Waals surface area contributed by atoms with Crippen molar-refractivity contribution in [3.63, 3.8) is 0 Å². The molecule has 0 fully saturated rings. The Balaban J connectivity index is 1.32. The lowest BCUT2D eigenvalue weighted by Crippen LogP contribution is -2.33. The molecular weight excluding hydrogens is 545 g/mol. The van der Waals surface area contributed by atoms with Crippen LogP contribution in [0.3, 0.4) is 0 Å². The Bertz CT molecular complexity index is 1710. The highest BCUT2D eigenvalue weighted by Gasteiger charge is 2.18. The number of nitrogens with zero attached hydrogens (tertiary/aromatic N) is 1. The number of carbonyl (C=O) groups excluding carboxylic acids is 1. The first kappa shape index (κ1) is 25.8. The van der Waals surface area contributed by atoms with Gasteiger partial charge in [-0.3, -0.25) is 10.1 Å². The van der Waals surface area contributed by atoms with Gasteiger partial charge < -0.3 is 19.3 Å². The lowest BCUT2D eigenvalue weighted by Gasteiger charge is -2.12. The Kier molecular flexibility index (Phi) is 7.12. The maximum Gasteiger partial charge on any atom is 0.293 e. The lowest BCUT2D eigenvalue weighted by molar-refractivity contribution is 0.0951. The Hall–Kier alpha value is -3.85. The first-order chi connectivity index (χ1) is 18.2. The Morgan fingerprint density at radius 2 is 1.84 bits per heavy atom. The predicted molar refractivity (Wildman–Crippen MR) is 153 cm³/mol. The van der Waals surface area contributed by atoms with Crippen LogP contribution < -0.4 is 10.6 Å². The molecule has 1 amide bonds. The summed E-state index contributed by atoms with van der Waals surface area (Å²) in [4.78, 5) is 17.3. The zero-order valence-corrected chi connectivity index (χ0v) is 22.6. The van der Waals surface area contributed by atoms with Crippen LogP contribution in [0.2, 0.25) is 10.0 Å². The number of oxazole rings is 1. The Morgan fingerprint density at radius 3 is 2.61 bits per heavy atom. The standard InChI is InChI=1S/C28H21Cl2N3O4S/c1-3-15-4-7-23-21(11-15)32-27(37-23)18-13-17(10-14(2)25(18)34)31-28(38)33-26(35)24-9-8-22(36-24)16-5-6-19(29)20(30)12-16/h4-13,34H,3H2,1-2H3,(H2,31,33,35,38). The molecule has 10 heteroatoms. The van der Waals surface area contributed by atoms with Crippen LogP contribution in [0.1, 0.15) is 28.6 Å². The first-order valence-electron chi connectivity index (χ1n) is 11.6. The van der Waals surface area contributed by atoms with Gasteiger partial charge in [-0.15, -0.1) is 0 Å². The molecule has 0 saturated heterocycles. The summed E-state index contributed by atoms with van der Waals surface area (Å²) in [7, 11) is 0. The molecule has 192 valence electrons. The maximum absolute atomic E-state index is 12.7. The molecule has 0 radical (unpaired) electrons. The van der Waals surface area contributed by atoms with Crippen LogP contribution in [0.25, 0.3) is 33.9 Å². The van der Waals surface area contributed by atoms with E-state index in [-0.39, 0.29) is 22.5 Å². The number of aromatic hydroxyl groups is 1. The number of phenols is 1. The average Bonchev–Trinajstić information content (AvgIpc) is 3.55. The van der Waals surface area contributed by atoms with E-state index >= 15 is 0 Å². The smallest absolute Gasteiger partial charge is 0.293 e. The molecule has 0 spiro atoms. The van der Waals surface area contributed by atoms with E-state index in [1.54, 1.807) is 43.3 Å². The van der Waals surface area contributed by atoms with Crippen LogP contribution in [0, 0.1) is 6.92 Å². The highest BCUT2D eigenvalue weighted by Crippen LogP contribution is 2.36. The summed E-state index contributed by atoms with van der Waals surface area (Å²) in [6, 6.07) is 17.4. The highest BCUT2D eigenvalue weighted by atomic mass is 35.5. The van der Waals surface area contributed by atoms with E-state index in [2.05, 4.69) is 22.5 Å². The average molecular weight is 566 g/mol. The van der Waals surface area contributed by atoms with Crippen molar-refractivity contribution in [2.24, 2.45) is 0 Å². The molecule has 0 saturated carbocycles. The molecule has 0 atom stereocenters. The second kappa shape index (κ2) is 10.5. The van der Waals surface area contributed by atoms with Gasteiger partial charge >= 0.3 is 0 Å². The molecule has 5 rings (SSSR count). The predicted octanol–water partition coefficient (Wildman–Crippen LogP) is 7.76. The molecule has 0 aliphatic rings. The molecule has 7 nitrogen and oxygen atoms in total. The third kappa shape index (κ3) is 5.24. The van der Waals surface area contributed by atoms with Crippen LogP contribution in [0.5, 0.6) is 5.75 Å². The molecule has 0 unspecified atom stereocenters. The maximum atomic E-state index is 12.7. The number of nitrogens with one attached hydrogen (secondary N) is 2. The monoisotopic (exact) mass is 565 g/mol. The molecule has 2 heterocycles. The van der Waals surface area contributed by atoms with Crippen LogP contribution in [0.15, 0.2) is 69.5 Å². The summed E-state index contributed by atoms with van der Waals surface area (Å²) in [5, 5.41) is 17.1. The number of aryl methyl sites for hydroxylation is 2. The van der Waals surface area contributed by atoms with Crippen molar-refractivity contribution in [2.75, 3.05) is 5.32 Å². The number of phenolic OH excluding ortho intramolecular Hbond substituents is 1. The van der Waals surface area contributed by atoms with Gasteiger partial charge in [0.2, 0.25) is 5.89 Å². The van der Waals surface area contributed by atoms with E-state index in [4.69, 9.17) is 44.3 Å². The molecular formula is C28H21Cl2N3O4S. The summed E-state index contributed by atoms with van der Waals surface area (Å²) in [6.45, 7) is 3.81. The molecule has 5 aromatic rings. The van der Waals surface area contributed by atoms with E-state index in [0.29, 0.717) is 49.3 Å². The van der Waals surface area contributed by atoms with Crippen molar-refractivity contribution in [1.29, 1.82) is 0 Å². The van der Waals surface area contributed by atoms with Crippen molar-refractivity contribution in [1.82, 2.24) is 10.3 Å². The minimum Gasteiger partial charge on any atom is -0.507 e. The summed E-state index contributed by atoms with van der Waals surface area (Å²) in [5.41, 5.74) is 4.64. The van der Waals surface area contributed by atoms with Gasteiger partial charge in [-0.1, -0.05) is 36.2 Å². The molecule has 0 aliphatic heterocycles. The number of rotatable bonds is 5. The van der Waals surface area contributed by atoms with Crippen LogP contribution >= 0.6 is 35.4 Å². The van der Waals surface area contributed by atoms with Gasteiger partial charge in [0.05, 0.1) is 15.6 Å².